The lowest BCUT2D eigenvalue weighted by molar-refractivity contribution is -0.921. The molecule has 0 saturated carbocycles. The third kappa shape index (κ3) is 5.47. The van der Waals surface area contributed by atoms with Crippen LogP contribution in [0.1, 0.15) is 5.56 Å². The van der Waals surface area contributed by atoms with Crippen LogP contribution in [-0.4, -0.2) is 45.9 Å². The summed E-state index contributed by atoms with van der Waals surface area (Å²) < 4.78 is 16.0. The van der Waals surface area contributed by atoms with Gasteiger partial charge in [0.05, 0.1) is 20.3 Å². The van der Waals surface area contributed by atoms with Crippen molar-refractivity contribution in [3.8, 4) is 11.5 Å². The van der Waals surface area contributed by atoms with E-state index in [0.717, 1.165) is 44.3 Å². The highest BCUT2D eigenvalue weighted by Crippen LogP contribution is 2.17. The Morgan fingerprint density at radius 1 is 1.04 bits per heavy atom. The van der Waals surface area contributed by atoms with Gasteiger partial charge in [0.15, 0.2) is 6.61 Å². The minimum Gasteiger partial charge on any atom is -0.497 e. The molecule has 2 aromatic rings. The van der Waals surface area contributed by atoms with E-state index in [9.17, 15) is 4.79 Å². The van der Waals surface area contributed by atoms with Gasteiger partial charge < -0.3 is 24.4 Å². The van der Waals surface area contributed by atoms with Crippen molar-refractivity contribution in [2.75, 3.05) is 45.3 Å². The summed E-state index contributed by atoms with van der Waals surface area (Å²) >= 11 is 0. The first-order valence-electron chi connectivity index (χ1n) is 8.80. The molecule has 3 rings (SSSR count). The Hall–Kier alpha value is -2.57. The Morgan fingerprint density at radius 2 is 1.69 bits per heavy atom. The molecule has 0 aromatic heterocycles. The maximum atomic E-state index is 12.0. The molecule has 0 unspecified atom stereocenters. The topological polar surface area (TPSA) is 61.2 Å². The summed E-state index contributed by atoms with van der Waals surface area (Å²) in [5.74, 6) is 1.19. The average Bonchev–Trinajstić information content (AvgIpc) is 2.69. The number of anilines is 1. The van der Waals surface area contributed by atoms with Gasteiger partial charge in [0.1, 0.15) is 31.1 Å². The largest absolute Gasteiger partial charge is 0.497 e. The predicted molar refractivity (Wildman–Crippen MR) is 98.8 cm³/mol. The lowest BCUT2D eigenvalue weighted by atomic mass is 10.2. The average molecular weight is 357 g/mol. The Kier molecular flexibility index (Phi) is 6.46. The van der Waals surface area contributed by atoms with Crippen molar-refractivity contribution in [3.05, 3.63) is 54.1 Å². The predicted octanol–water partition coefficient (Wildman–Crippen LogP) is 1.13. The Balaban J connectivity index is 1.44. The molecule has 26 heavy (non-hydrogen) atoms. The SMILES string of the molecule is COc1ccc(OCC(=O)Nc2ccc(C[NH+]3CCOCC3)cc2)cc1. The van der Waals surface area contributed by atoms with Crippen LogP contribution in [0.25, 0.3) is 0 Å². The number of carbonyl (C=O) groups is 1. The highest BCUT2D eigenvalue weighted by Gasteiger charge is 2.14. The van der Waals surface area contributed by atoms with Gasteiger partial charge in [-0.2, -0.15) is 0 Å². The third-order valence-corrected chi connectivity index (χ3v) is 4.32. The van der Waals surface area contributed by atoms with Gasteiger partial charge in [-0.05, 0) is 36.4 Å². The fraction of sp³-hybridized carbons (Fsp3) is 0.350. The van der Waals surface area contributed by atoms with Crippen molar-refractivity contribution in [1.29, 1.82) is 0 Å². The number of amides is 1. The molecule has 1 aliphatic heterocycles. The van der Waals surface area contributed by atoms with Gasteiger partial charge in [0, 0.05) is 11.3 Å². The molecule has 1 aliphatic rings. The molecular weight excluding hydrogens is 332 g/mol. The summed E-state index contributed by atoms with van der Waals surface area (Å²) in [6.07, 6.45) is 0. The fourth-order valence-electron chi connectivity index (χ4n) is 2.85. The molecule has 0 bridgehead atoms. The van der Waals surface area contributed by atoms with Gasteiger partial charge in [-0.1, -0.05) is 12.1 Å². The number of hydrogen-bond acceptors (Lipinski definition) is 4. The van der Waals surface area contributed by atoms with Crippen LogP contribution in [0.4, 0.5) is 5.69 Å². The van der Waals surface area contributed by atoms with E-state index >= 15 is 0 Å². The van der Waals surface area contributed by atoms with Crippen LogP contribution in [0.5, 0.6) is 11.5 Å². The lowest BCUT2D eigenvalue weighted by Gasteiger charge is -2.23. The summed E-state index contributed by atoms with van der Waals surface area (Å²) in [5.41, 5.74) is 2.03. The summed E-state index contributed by atoms with van der Waals surface area (Å²) in [6.45, 7) is 4.70. The van der Waals surface area contributed by atoms with Crippen molar-refractivity contribution in [2.45, 2.75) is 6.54 Å². The van der Waals surface area contributed by atoms with Gasteiger partial charge in [0.25, 0.3) is 5.91 Å². The van der Waals surface area contributed by atoms with Gasteiger partial charge in [-0.15, -0.1) is 0 Å². The van der Waals surface area contributed by atoms with Crippen LogP contribution in [0.2, 0.25) is 0 Å². The summed E-state index contributed by atoms with van der Waals surface area (Å²) in [7, 11) is 1.61. The van der Waals surface area contributed by atoms with Crippen molar-refractivity contribution in [3.63, 3.8) is 0 Å². The Morgan fingerprint density at radius 3 is 2.35 bits per heavy atom. The second kappa shape index (κ2) is 9.22. The molecular formula is C20H25N2O4+. The van der Waals surface area contributed by atoms with Gasteiger partial charge in [-0.25, -0.2) is 0 Å². The Bertz CT molecular complexity index is 695. The molecule has 138 valence electrons. The molecule has 0 atom stereocenters. The summed E-state index contributed by atoms with van der Waals surface area (Å²) in [6, 6.07) is 15.1. The van der Waals surface area contributed by atoms with Crippen LogP contribution >= 0.6 is 0 Å². The number of ether oxygens (including phenoxy) is 3. The van der Waals surface area contributed by atoms with E-state index in [2.05, 4.69) is 17.4 Å². The van der Waals surface area contributed by atoms with Crippen LogP contribution in [-0.2, 0) is 16.1 Å². The molecule has 2 N–H and O–H groups in total. The number of benzene rings is 2. The van der Waals surface area contributed by atoms with Gasteiger partial charge in [-0.3, -0.25) is 4.79 Å². The van der Waals surface area contributed by atoms with Crippen LogP contribution in [0, 0.1) is 0 Å². The highest BCUT2D eigenvalue weighted by molar-refractivity contribution is 5.91. The van der Waals surface area contributed by atoms with Crippen molar-refractivity contribution in [2.24, 2.45) is 0 Å². The van der Waals surface area contributed by atoms with E-state index in [1.807, 2.05) is 12.1 Å². The van der Waals surface area contributed by atoms with Crippen LogP contribution in [0.3, 0.4) is 0 Å². The van der Waals surface area contributed by atoms with E-state index in [0.29, 0.717) is 5.75 Å². The first kappa shape index (κ1) is 18.2. The second-order valence-electron chi connectivity index (χ2n) is 6.25. The molecule has 6 nitrogen and oxygen atoms in total. The van der Waals surface area contributed by atoms with Crippen molar-refractivity contribution in [1.82, 2.24) is 0 Å². The molecule has 0 aliphatic carbocycles. The fourth-order valence-corrected chi connectivity index (χ4v) is 2.85. The third-order valence-electron chi connectivity index (χ3n) is 4.32. The van der Waals surface area contributed by atoms with Crippen molar-refractivity contribution < 1.29 is 23.9 Å². The van der Waals surface area contributed by atoms with E-state index in [-0.39, 0.29) is 12.5 Å². The van der Waals surface area contributed by atoms with Gasteiger partial charge >= 0.3 is 0 Å². The zero-order chi connectivity index (χ0) is 18.2. The van der Waals surface area contributed by atoms with Gasteiger partial charge in [0.2, 0.25) is 0 Å². The first-order chi connectivity index (χ1) is 12.7. The molecule has 1 heterocycles. The molecule has 1 amide bonds. The minimum atomic E-state index is -0.188. The number of methoxy groups -OCH3 is 1. The Labute approximate surface area is 153 Å². The monoisotopic (exact) mass is 357 g/mol. The van der Waals surface area contributed by atoms with E-state index < -0.39 is 0 Å². The zero-order valence-electron chi connectivity index (χ0n) is 15.0. The van der Waals surface area contributed by atoms with Crippen molar-refractivity contribution >= 4 is 11.6 Å². The number of rotatable bonds is 7. The molecule has 1 saturated heterocycles. The number of quaternary nitrogens is 1. The highest BCUT2D eigenvalue weighted by atomic mass is 16.5. The standard InChI is InChI=1S/C20H24N2O4/c1-24-18-6-8-19(9-7-18)26-15-20(23)21-17-4-2-16(3-5-17)14-22-10-12-25-13-11-22/h2-9H,10-15H2,1H3,(H,21,23)/p+1. The smallest absolute Gasteiger partial charge is 0.262 e. The summed E-state index contributed by atoms with van der Waals surface area (Å²) in [5, 5.41) is 2.85. The quantitative estimate of drug-likeness (QED) is 0.780. The molecule has 2 aromatic carbocycles. The maximum absolute atomic E-state index is 12.0. The number of carbonyl (C=O) groups excluding carboxylic acids is 1. The lowest BCUT2D eigenvalue weighted by Crippen LogP contribution is -3.12. The molecule has 6 heteroatoms. The molecule has 0 spiro atoms. The molecule has 0 radical (unpaired) electrons. The number of nitrogens with one attached hydrogen (secondary N) is 2. The number of morpholine rings is 1. The number of hydrogen-bond donors (Lipinski definition) is 2. The van der Waals surface area contributed by atoms with E-state index in [1.54, 1.807) is 31.4 Å². The van der Waals surface area contributed by atoms with Crippen LogP contribution in [0.15, 0.2) is 48.5 Å². The normalized spacial score (nSPS) is 14.7. The summed E-state index contributed by atoms with van der Waals surface area (Å²) in [4.78, 5) is 13.6. The maximum Gasteiger partial charge on any atom is 0.262 e. The van der Waals surface area contributed by atoms with E-state index in [1.165, 1.54) is 10.5 Å². The zero-order valence-corrected chi connectivity index (χ0v) is 15.0. The second-order valence-corrected chi connectivity index (χ2v) is 6.25. The van der Waals surface area contributed by atoms with Crippen LogP contribution < -0.4 is 19.7 Å². The molecule has 1 fully saturated rings. The van der Waals surface area contributed by atoms with E-state index in [4.69, 9.17) is 14.2 Å². The minimum absolute atomic E-state index is 0.0357. The first-order valence-corrected chi connectivity index (χ1v) is 8.80.